The highest BCUT2D eigenvalue weighted by Gasteiger charge is 1.96. The number of rotatable bonds is 2. The normalized spacial score (nSPS) is 14.3. The van der Waals surface area contributed by atoms with Crippen LogP contribution in [-0.2, 0) is 0 Å². The van der Waals surface area contributed by atoms with Gasteiger partial charge in [-0.1, -0.05) is 30.3 Å². The summed E-state index contributed by atoms with van der Waals surface area (Å²) < 4.78 is 0. The van der Waals surface area contributed by atoms with E-state index in [0.29, 0.717) is 5.84 Å². The Labute approximate surface area is 72.1 Å². The van der Waals surface area contributed by atoms with Crippen LogP contribution in [0.15, 0.2) is 35.3 Å². The third-order valence-corrected chi connectivity index (χ3v) is 1.41. The number of hydrogen-bond acceptors (Lipinski definition) is 2. The molecule has 64 valence electrons. The minimum absolute atomic E-state index is 0.245. The van der Waals surface area contributed by atoms with Crippen LogP contribution in [0.25, 0.3) is 0 Å². The van der Waals surface area contributed by atoms with E-state index >= 15 is 0 Å². The average Bonchev–Trinajstić information content (AvgIpc) is 2.05. The monoisotopic (exact) mass is 163 g/mol. The molecule has 1 rings (SSSR count). The molecule has 0 aromatic heterocycles. The highest BCUT2D eigenvalue weighted by atomic mass is 15.0. The SMILES string of the molecule is CC(N)/N=C(\N)c1ccccc1. The smallest absolute Gasteiger partial charge is 0.127 e. The van der Waals surface area contributed by atoms with E-state index < -0.39 is 0 Å². The van der Waals surface area contributed by atoms with Crippen molar-refractivity contribution in [3.63, 3.8) is 0 Å². The molecule has 0 radical (unpaired) electrons. The largest absolute Gasteiger partial charge is 0.383 e. The summed E-state index contributed by atoms with van der Waals surface area (Å²) in [5.74, 6) is 0.491. The Balaban J connectivity index is 2.85. The molecule has 0 saturated carbocycles. The quantitative estimate of drug-likeness (QED) is 0.498. The van der Waals surface area contributed by atoms with Crippen LogP contribution in [0.1, 0.15) is 12.5 Å². The molecule has 0 aliphatic carbocycles. The fraction of sp³-hybridized carbons (Fsp3) is 0.222. The van der Waals surface area contributed by atoms with Crippen LogP contribution >= 0.6 is 0 Å². The number of nitrogens with two attached hydrogens (primary N) is 2. The van der Waals surface area contributed by atoms with Gasteiger partial charge < -0.3 is 11.5 Å². The Bertz CT molecular complexity index is 264. The summed E-state index contributed by atoms with van der Waals surface area (Å²) in [5, 5.41) is 0. The lowest BCUT2D eigenvalue weighted by Gasteiger charge is -2.02. The topological polar surface area (TPSA) is 64.4 Å². The fourth-order valence-electron chi connectivity index (χ4n) is 0.903. The molecule has 1 atom stereocenters. The van der Waals surface area contributed by atoms with Crippen molar-refractivity contribution in [1.29, 1.82) is 0 Å². The van der Waals surface area contributed by atoms with Crippen molar-refractivity contribution in [3.05, 3.63) is 35.9 Å². The van der Waals surface area contributed by atoms with E-state index in [1.54, 1.807) is 6.92 Å². The zero-order valence-corrected chi connectivity index (χ0v) is 7.07. The Morgan fingerprint density at radius 3 is 2.42 bits per heavy atom. The van der Waals surface area contributed by atoms with E-state index in [2.05, 4.69) is 4.99 Å². The van der Waals surface area contributed by atoms with Crippen LogP contribution in [0.3, 0.4) is 0 Å². The van der Waals surface area contributed by atoms with Crippen molar-refractivity contribution in [2.45, 2.75) is 13.1 Å². The predicted molar refractivity (Wildman–Crippen MR) is 50.8 cm³/mol. The Hall–Kier alpha value is -1.35. The van der Waals surface area contributed by atoms with E-state index in [4.69, 9.17) is 11.5 Å². The molecule has 3 heteroatoms. The fourth-order valence-corrected chi connectivity index (χ4v) is 0.903. The lowest BCUT2D eigenvalue weighted by molar-refractivity contribution is 0.791. The van der Waals surface area contributed by atoms with Crippen LogP contribution in [0, 0.1) is 0 Å². The summed E-state index contributed by atoms with van der Waals surface area (Å²) in [7, 11) is 0. The molecule has 1 unspecified atom stereocenters. The molecule has 0 heterocycles. The van der Waals surface area contributed by atoms with Gasteiger partial charge in [0.2, 0.25) is 0 Å². The minimum atomic E-state index is -0.245. The summed E-state index contributed by atoms with van der Waals surface area (Å²) in [6.45, 7) is 1.79. The number of benzene rings is 1. The van der Waals surface area contributed by atoms with Crippen molar-refractivity contribution in [2.24, 2.45) is 16.5 Å². The zero-order chi connectivity index (χ0) is 8.97. The van der Waals surface area contributed by atoms with Gasteiger partial charge in [0.05, 0.1) is 6.17 Å². The highest BCUT2D eigenvalue weighted by molar-refractivity contribution is 5.97. The molecule has 0 spiro atoms. The summed E-state index contributed by atoms with van der Waals surface area (Å²) in [4.78, 5) is 4.02. The Morgan fingerprint density at radius 2 is 1.92 bits per heavy atom. The second-order valence-corrected chi connectivity index (χ2v) is 2.62. The highest BCUT2D eigenvalue weighted by Crippen LogP contribution is 1.97. The zero-order valence-electron chi connectivity index (χ0n) is 7.07. The first kappa shape index (κ1) is 8.74. The first-order valence-electron chi connectivity index (χ1n) is 3.84. The van der Waals surface area contributed by atoms with Crippen LogP contribution in [0.5, 0.6) is 0 Å². The van der Waals surface area contributed by atoms with Crippen LogP contribution in [-0.4, -0.2) is 12.0 Å². The van der Waals surface area contributed by atoms with Crippen molar-refractivity contribution in [2.75, 3.05) is 0 Å². The first-order chi connectivity index (χ1) is 5.70. The van der Waals surface area contributed by atoms with Gasteiger partial charge in [-0.25, -0.2) is 4.99 Å². The maximum absolute atomic E-state index is 5.67. The predicted octanol–water partition coefficient (Wildman–Crippen LogP) is 0.697. The van der Waals surface area contributed by atoms with Gasteiger partial charge in [0, 0.05) is 5.56 Å². The molecular weight excluding hydrogens is 150 g/mol. The van der Waals surface area contributed by atoms with Gasteiger partial charge in [0.15, 0.2) is 0 Å². The van der Waals surface area contributed by atoms with Gasteiger partial charge >= 0.3 is 0 Å². The van der Waals surface area contributed by atoms with E-state index in [1.165, 1.54) is 0 Å². The third-order valence-electron chi connectivity index (χ3n) is 1.41. The van der Waals surface area contributed by atoms with Crippen molar-refractivity contribution in [3.8, 4) is 0 Å². The van der Waals surface area contributed by atoms with E-state index in [0.717, 1.165) is 5.56 Å². The number of amidine groups is 1. The van der Waals surface area contributed by atoms with Crippen LogP contribution < -0.4 is 11.5 Å². The maximum Gasteiger partial charge on any atom is 0.127 e. The number of nitrogens with zero attached hydrogens (tertiary/aromatic N) is 1. The van der Waals surface area contributed by atoms with Gasteiger partial charge in [0.1, 0.15) is 5.84 Å². The lowest BCUT2D eigenvalue weighted by atomic mass is 10.2. The van der Waals surface area contributed by atoms with E-state index in [9.17, 15) is 0 Å². The molecule has 1 aromatic rings. The van der Waals surface area contributed by atoms with Crippen molar-refractivity contribution >= 4 is 5.84 Å². The second-order valence-electron chi connectivity index (χ2n) is 2.62. The molecule has 0 fully saturated rings. The average molecular weight is 163 g/mol. The lowest BCUT2D eigenvalue weighted by Crippen LogP contribution is -2.20. The molecule has 0 saturated heterocycles. The molecule has 3 nitrogen and oxygen atoms in total. The number of aliphatic imine (C=N–C) groups is 1. The Morgan fingerprint density at radius 1 is 1.33 bits per heavy atom. The van der Waals surface area contributed by atoms with Crippen molar-refractivity contribution < 1.29 is 0 Å². The molecule has 0 bridgehead atoms. The molecule has 4 N–H and O–H groups in total. The van der Waals surface area contributed by atoms with Crippen molar-refractivity contribution in [1.82, 2.24) is 0 Å². The molecule has 12 heavy (non-hydrogen) atoms. The summed E-state index contributed by atoms with van der Waals surface area (Å²) in [6, 6.07) is 9.57. The third kappa shape index (κ3) is 2.36. The maximum atomic E-state index is 5.67. The standard InChI is InChI=1S/C9H13N3/c1-7(10)12-9(11)8-5-3-2-4-6-8/h2-7H,10H2,1H3,(H2,11,12). The summed E-state index contributed by atoms with van der Waals surface area (Å²) in [6.07, 6.45) is -0.245. The molecule has 1 aromatic carbocycles. The van der Waals surface area contributed by atoms with Gasteiger partial charge in [-0.3, -0.25) is 0 Å². The van der Waals surface area contributed by atoms with Gasteiger partial charge in [-0.05, 0) is 6.92 Å². The van der Waals surface area contributed by atoms with Gasteiger partial charge in [-0.15, -0.1) is 0 Å². The molecule has 0 aliphatic rings. The summed E-state index contributed by atoms with van der Waals surface area (Å²) >= 11 is 0. The molecule has 0 amide bonds. The minimum Gasteiger partial charge on any atom is -0.383 e. The summed E-state index contributed by atoms with van der Waals surface area (Å²) in [5.41, 5.74) is 12.0. The molecular formula is C9H13N3. The molecule has 0 aliphatic heterocycles. The number of hydrogen-bond donors (Lipinski definition) is 2. The second kappa shape index (κ2) is 3.88. The van der Waals surface area contributed by atoms with E-state index in [1.807, 2.05) is 30.3 Å². The van der Waals surface area contributed by atoms with Gasteiger partial charge in [0.25, 0.3) is 0 Å². The first-order valence-corrected chi connectivity index (χ1v) is 3.84. The van der Waals surface area contributed by atoms with Gasteiger partial charge in [-0.2, -0.15) is 0 Å². The van der Waals surface area contributed by atoms with Crippen LogP contribution in [0.2, 0.25) is 0 Å². The van der Waals surface area contributed by atoms with Crippen LogP contribution in [0.4, 0.5) is 0 Å². The van der Waals surface area contributed by atoms with E-state index in [-0.39, 0.29) is 6.17 Å². The Kier molecular flexibility index (Phi) is 2.82.